The zero-order valence-electron chi connectivity index (χ0n) is 16.4. The molecular formula is C20H26IN7S. The van der Waals surface area contributed by atoms with Crippen molar-refractivity contribution in [2.24, 2.45) is 4.99 Å². The Labute approximate surface area is 192 Å². The summed E-state index contributed by atoms with van der Waals surface area (Å²) in [6.45, 7) is 2.84. The molecule has 3 aromatic heterocycles. The number of rotatable bonds is 5. The van der Waals surface area contributed by atoms with Crippen LogP contribution < -0.4 is 15.5 Å². The number of aliphatic imine (C=N–C) groups is 1. The predicted octanol–water partition coefficient (Wildman–Crippen LogP) is 3.28. The van der Waals surface area contributed by atoms with Crippen molar-refractivity contribution < 1.29 is 0 Å². The van der Waals surface area contributed by atoms with Crippen LogP contribution in [0.15, 0.2) is 59.3 Å². The maximum Gasteiger partial charge on any atom is 0.191 e. The minimum atomic E-state index is 0. The molecule has 154 valence electrons. The monoisotopic (exact) mass is 523 g/mol. The molecule has 3 aromatic rings. The second-order valence-electron chi connectivity index (χ2n) is 6.76. The van der Waals surface area contributed by atoms with Gasteiger partial charge in [0.1, 0.15) is 0 Å². The van der Waals surface area contributed by atoms with Gasteiger partial charge in [-0.3, -0.25) is 4.99 Å². The van der Waals surface area contributed by atoms with Crippen molar-refractivity contribution in [2.45, 2.75) is 25.4 Å². The number of nitrogens with zero attached hydrogens (tertiary/aromatic N) is 5. The molecule has 1 fully saturated rings. The van der Waals surface area contributed by atoms with Crippen LogP contribution in [0.5, 0.6) is 0 Å². The summed E-state index contributed by atoms with van der Waals surface area (Å²) in [5, 5.41) is 14.7. The lowest BCUT2D eigenvalue weighted by Gasteiger charge is -2.33. The summed E-state index contributed by atoms with van der Waals surface area (Å²) in [4.78, 5) is 11.2. The molecule has 0 spiro atoms. The van der Waals surface area contributed by atoms with Crippen LogP contribution >= 0.6 is 35.3 Å². The van der Waals surface area contributed by atoms with Crippen LogP contribution in [0.2, 0.25) is 0 Å². The van der Waals surface area contributed by atoms with E-state index in [9.17, 15) is 0 Å². The summed E-state index contributed by atoms with van der Waals surface area (Å²) in [5.41, 5.74) is 1.14. The number of hydrogen-bond acceptors (Lipinski definition) is 5. The number of hydrogen-bond donors (Lipinski definition) is 2. The summed E-state index contributed by atoms with van der Waals surface area (Å²) in [6, 6.07) is 10.7. The molecule has 1 saturated heterocycles. The number of piperidine rings is 1. The van der Waals surface area contributed by atoms with Gasteiger partial charge in [-0.1, -0.05) is 0 Å². The molecule has 7 nitrogen and oxygen atoms in total. The molecule has 0 atom stereocenters. The van der Waals surface area contributed by atoms with Gasteiger partial charge < -0.3 is 15.5 Å². The van der Waals surface area contributed by atoms with Crippen LogP contribution in [0.4, 0.5) is 5.00 Å². The van der Waals surface area contributed by atoms with Gasteiger partial charge in [-0.25, -0.2) is 9.67 Å². The molecule has 0 bridgehead atoms. The van der Waals surface area contributed by atoms with Crippen molar-refractivity contribution >= 4 is 46.3 Å². The normalized spacial score (nSPS) is 15.1. The molecule has 2 N–H and O–H groups in total. The molecular weight excluding hydrogens is 497 g/mol. The summed E-state index contributed by atoms with van der Waals surface area (Å²) >= 11 is 1.81. The molecule has 0 aromatic carbocycles. The van der Waals surface area contributed by atoms with Gasteiger partial charge in [-0.15, -0.1) is 35.3 Å². The van der Waals surface area contributed by atoms with Crippen molar-refractivity contribution in [1.29, 1.82) is 0 Å². The second-order valence-corrected chi connectivity index (χ2v) is 7.68. The molecule has 4 rings (SSSR count). The fraction of sp³-hybridized carbons (Fsp3) is 0.350. The minimum absolute atomic E-state index is 0. The van der Waals surface area contributed by atoms with E-state index in [1.807, 2.05) is 49.0 Å². The number of nitrogens with one attached hydrogen (secondary N) is 2. The van der Waals surface area contributed by atoms with E-state index in [2.05, 4.69) is 48.1 Å². The third-order valence-corrected chi connectivity index (χ3v) is 5.82. The van der Waals surface area contributed by atoms with Gasteiger partial charge in [0.15, 0.2) is 11.8 Å². The molecule has 1 aliphatic heterocycles. The number of guanidine groups is 1. The van der Waals surface area contributed by atoms with Gasteiger partial charge in [0.25, 0.3) is 0 Å². The first-order valence-corrected chi connectivity index (χ1v) is 10.4. The molecule has 0 radical (unpaired) electrons. The van der Waals surface area contributed by atoms with Crippen LogP contribution in [0.1, 0.15) is 18.4 Å². The molecule has 29 heavy (non-hydrogen) atoms. The van der Waals surface area contributed by atoms with E-state index in [0.717, 1.165) is 43.3 Å². The number of pyridine rings is 1. The van der Waals surface area contributed by atoms with Crippen LogP contribution in [0.3, 0.4) is 0 Å². The quantitative estimate of drug-likeness (QED) is 0.305. The lowest BCUT2D eigenvalue weighted by molar-refractivity contribution is 0.463. The second kappa shape index (κ2) is 10.6. The van der Waals surface area contributed by atoms with E-state index in [1.54, 1.807) is 10.9 Å². The largest absolute Gasteiger partial charge is 0.363 e. The van der Waals surface area contributed by atoms with Crippen molar-refractivity contribution in [3.8, 4) is 5.82 Å². The van der Waals surface area contributed by atoms with Crippen molar-refractivity contribution in [3.05, 3.63) is 59.9 Å². The summed E-state index contributed by atoms with van der Waals surface area (Å²) < 4.78 is 1.76. The van der Waals surface area contributed by atoms with E-state index in [1.165, 1.54) is 5.00 Å². The SMILES string of the molecule is CN=C(NCc1ccnc(-n2cccn2)c1)NC1CCN(c2cccs2)CC1.I. The van der Waals surface area contributed by atoms with E-state index in [-0.39, 0.29) is 24.0 Å². The zero-order valence-corrected chi connectivity index (χ0v) is 19.5. The molecule has 0 aliphatic carbocycles. The van der Waals surface area contributed by atoms with Crippen molar-refractivity contribution in [3.63, 3.8) is 0 Å². The van der Waals surface area contributed by atoms with E-state index < -0.39 is 0 Å². The third kappa shape index (κ3) is 5.69. The van der Waals surface area contributed by atoms with Gasteiger partial charge in [0, 0.05) is 51.3 Å². The Kier molecular flexibility index (Phi) is 7.87. The number of anilines is 1. The molecule has 4 heterocycles. The van der Waals surface area contributed by atoms with Gasteiger partial charge >= 0.3 is 0 Å². The average molecular weight is 523 g/mol. The lowest BCUT2D eigenvalue weighted by atomic mass is 10.1. The van der Waals surface area contributed by atoms with Crippen LogP contribution in [0, 0.1) is 0 Å². The maximum absolute atomic E-state index is 4.39. The topological polar surface area (TPSA) is 70.4 Å². The fourth-order valence-corrected chi connectivity index (χ4v) is 4.15. The highest BCUT2D eigenvalue weighted by molar-refractivity contribution is 14.0. The summed E-state index contributed by atoms with van der Waals surface area (Å²) in [5.74, 6) is 1.65. The first-order valence-electron chi connectivity index (χ1n) is 9.52. The van der Waals surface area contributed by atoms with E-state index in [4.69, 9.17) is 0 Å². The molecule has 0 unspecified atom stereocenters. The Balaban J connectivity index is 0.00000240. The molecule has 0 amide bonds. The van der Waals surface area contributed by atoms with E-state index in [0.29, 0.717) is 12.6 Å². The maximum atomic E-state index is 4.39. The Morgan fingerprint density at radius 3 is 2.79 bits per heavy atom. The molecule has 1 aliphatic rings. The Hall–Kier alpha value is -2.14. The van der Waals surface area contributed by atoms with Gasteiger partial charge in [-0.05, 0) is 54.1 Å². The van der Waals surface area contributed by atoms with Crippen LogP contribution in [-0.2, 0) is 6.54 Å². The minimum Gasteiger partial charge on any atom is -0.363 e. The number of aromatic nitrogens is 3. The Bertz CT molecular complexity index is 887. The van der Waals surface area contributed by atoms with E-state index >= 15 is 0 Å². The Morgan fingerprint density at radius 1 is 1.24 bits per heavy atom. The van der Waals surface area contributed by atoms with Crippen molar-refractivity contribution in [2.75, 3.05) is 25.0 Å². The van der Waals surface area contributed by atoms with Crippen LogP contribution in [0.25, 0.3) is 5.82 Å². The highest BCUT2D eigenvalue weighted by atomic mass is 127. The molecule has 0 saturated carbocycles. The highest BCUT2D eigenvalue weighted by Crippen LogP contribution is 2.24. The molecule has 9 heteroatoms. The van der Waals surface area contributed by atoms with Gasteiger partial charge in [0.05, 0.1) is 5.00 Å². The first kappa shape index (κ1) is 21.6. The third-order valence-electron chi connectivity index (χ3n) is 4.89. The van der Waals surface area contributed by atoms with Crippen LogP contribution in [-0.4, -0.2) is 46.9 Å². The first-order chi connectivity index (χ1) is 13.8. The number of halogens is 1. The Morgan fingerprint density at radius 2 is 2.10 bits per heavy atom. The average Bonchev–Trinajstić information content (AvgIpc) is 3.46. The smallest absolute Gasteiger partial charge is 0.191 e. The number of thiophene rings is 1. The summed E-state index contributed by atoms with van der Waals surface area (Å²) in [7, 11) is 1.82. The van der Waals surface area contributed by atoms with Gasteiger partial charge in [0.2, 0.25) is 0 Å². The van der Waals surface area contributed by atoms with Gasteiger partial charge in [-0.2, -0.15) is 5.10 Å². The zero-order chi connectivity index (χ0) is 19.2. The fourth-order valence-electron chi connectivity index (χ4n) is 3.37. The standard InChI is InChI=1S/C20H25N7S.HI/c1-21-20(25-17-6-11-26(12-7-17)19-4-2-13-28-19)23-15-16-5-9-22-18(14-16)27-10-3-8-24-27;/h2-5,8-10,13-14,17H,6-7,11-12,15H2,1H3,(H2,21,23,25);1H. The summed E-state index contributed by atoms with van der Waals surface area (Å²) in [6.07, 6.45) is 7.67. The highest BCUT2D eigenvalue weighted by Gasteiger charge is 2.20. The van der Waals surface area contributed by atoms with Crippen molar-refractivity contribution in [1.82, 2.24) is 25.4 Å². The lowest BCUT2D eigenvalue weighted by Crippen LogP contribution is -2.48. The predicted molar refractivity (Wildman–Crippen MR) is 130 cm³/mol.